The molecule has 0 spiro atoms. The zero-order valence-corrected chi connectivity index (χ0v) is 10.2. The summed E-state index contributed by atoms with van der Waals surface area (Å²) in [5, 5.41) is 1.97. The molecule has 1 aliphatic rings. The van der Waals surface area contributed by atoms with Crippen LogP contribution in [0.5, 0.6) is 0 Å². The first-order valence-electron chi connectivity index (χ1n) is 4.42. The molecule has 14 heavy (non-hydrogen) atoms. The van der Waals surface area contributed by atoms with Crippen molar-refractivity contribution < 1.29 is 4.39 Å². The maximum Gasteiger partial charge on any atom is 0.108 e. The third-order valence-electron chi connectivity index (χ3n) is 2.91. The summed E-state index contributed by atoms with van der Waals surface area (Å²) in [4.78, 5) is 1.08. The molecule has 5 heteroatoms. The van der Waals surface area contributed by atoms with Crippen LogP contribution in [-0.2, 0) is 0 Å². The second kappa shape index (κ2) is 3.56. The molecule has 0 radical (unpaired) electrons. The van der Waals surface area contributed by atoms with Crippen molar-refractivity contribution in [2.75, 3.05) is 0 Å². The fraction of sp³-hybridized carbons (Fsp3) is 0.556. The van der Waals surface area contributed by atoms with Gasteiger partial charge in [0.05, 0.1) is 6.04 Å². The second-order valence-electron chi connectivity index (χ2n) is 3.91. The van der Waals surface area contributed by atoms with Crippen LogP contribution in [0.15, 0.2) is 15.9 Å². The number of halogens is 2. The molecule has 0 bridgehead atoms. The minimum atomic E-state index is -0.738. The van der Waals surface area contributed by atoms with Gasteiger partial charge in [0.2, 0.25) is 0 Å². The fourth-order valence-corrected chi connectivity index (χ4v) is 3.52. The Bertz CT molecular complexity index is 343. The van der Waals surface area contributed by atoms with Crippen LogP contribution in [0.1, 0.15) is 24.3 Å². The Morgan fingerprint density at radius 3 is 2.86 bits per heavy atom. The minimum absolute atomic E-state index is 0.0909. The van der Waals surface area contributed by atoms with Gasteiger partial charge in [-0.15, -0.1) is 11.3 Å². The van der Waals surface area contributed by atoms with Gasteiger partial charge in [-0.3, -0.25) is 11.3 Å². The molecule has 0 saturated heterocycles. The molecular formula is C9H12BrFN2S. The van der Waals surface area contributed by atoms with Gasteiger partial charge >= 0.3 is 0 Å². The van der Waals surface area contributed by atoms with E-state index in [1.807, 2.05) is 18.4 Å². The van der Waals surface area contributed by atoms with E-state index in [-0.39, 0.29) is 11.5 Å². The van der Waals surface area contributed by atoms with E-state index in [1.165, 1.54) is 0 Å². The third-order valence-corrected chi connectivity index (χ3v) is 4.84. The maximum absolute atomic E-state index is 13.2. The Labute approximate surface area is 94.8 Å². The number of rotatable bonds is 3. The molecule has 1 aromatic heterocycles. The monoisotopic (exact) mass is 278 g/mol. The van der Waals surface area contributed by atoms with Crippen molar-refractivity contribution in [2.24, 2.45) is 11.3 Å². The van der Waals surface area contributed by atoms with E-state index in [0.717, 1.165) is 9.35 Å². The quantitative estimate of drug-likeness (QED) is 0.659. The molecule has 1 aromatic rings. The predicted octanol–water partition coefficient (Wildman–Crippen LogP) is 2.76. The molecule has 0 amide bonds. The lowest BCUT2D eigenvalue weighted by Crippen LogP contribution is -2.34. The van der Waals surface area contributed by atoms with Gasteiger partial charge in [-0.2, -0.15) is 0 Å². The van der Waals surface area contributed by atoms with E-state index in [4.69, 9.17) is 5.84 Å². The molecule has 2 nitrogen and oxygen atoms in total. The average molecular weight is 279 g/mol. The Morgan fingerprint density at radius 2 is 2.50 bits per heavy atom. The van der Waals surface area contributed by atoms with E-state index in [2.05, 4.69) is 21.4 Å². The smallest absolute Gasteiger partial charge is 0.108 e. The summed E-state index contributed by atoms with van der Waals surface area (Å²) in [5.74, 6) is 5.49. The second-order valence-corrected chi connectivity index (χ2v) is 5.71. The van der Waals surface area contributed by atoms with Crippen molar-refractivity contribution in [3.05, 3.63) is 20.8 Å². The number of nitrogens with two attached hydrogens (primary N) is 1. The van der Waals surface area contributed by atoms with Gasteiger partial charge < -0.3 is 0 Å². The van der Waals surface area contributed by atoms with Gasteiger partial charge in [0.25, 0.3) is 0 Å². The standard InChI is InChI=1S/C9H12BrFN2S/c1-9(4-6(9)11)8(13-12)7-5(10)2-3-14-7/h2-3,6,8,13H,4,12H2,1H3. The highest BCUT2D eigenvalue weighted by Crippen LogP contribution is 2.57. The van der Waals surface area contributed by atoms with Crippen LogP contribution in [0, 0.1) is 5.41 Å². The SMILES string of the molecule is CC1(C(NN)c2sccc2Br)CC1F. The third kappa shape index (κ3) is 1.52. The van der Waals surface area contributed by atoms with Crippen molar-refractivity contribution in [3.63, 3.8) is 0 Å². The Hall–Kier alpha value is 0.0300. The molecule has 3 unspecified atom stereocenters. The highest BCUT2D eigenvalue weighted by molar-refractivity contribution is 9.10. The predicted molar refractivity (Wildman–Crippen MR) is 59.7 cm³/mol. The average Bonchev–Trinajstić information content (AvgIpc) is 2.57. The first kappa shape index (κ1) is 10.5. The van der Waals surface area contributed by atoms with Crippen LogP contribution >= 0.6 is 27.3 Å². The molecule has 1 saturated carbocycles. The van der Waals surface area contributed by atoms with Crippen molar-refractivity contribution in [1.29, 1.82) is 0 Å². The largest absolute Gasteiger partial charge is 0.271 e. The van der Waals surface area contributed by atoms with Gasteiger partial charge in [0.1, 0.15) is 6.17 Å². The van der Waals surface area contributed by atoms with Crippen molar-refractivity contribution in [3.8, 4) is 0 Å². The molecule has 0 aromatic carbocycles. The number of hydrazine groups is 1. The van der Waals surface area contributed by atoms with Crippen LogP contribution in [0.3, 0.4) is 0 Å². The number of alkyl halides is 1. The number of thiophene rings is 1. The molecule has 2 rings (SSSR count). The number of hydrogen-bond acceptors (Lipinski definition) is 3. The Morgan fingerprint density at radius 1 is 1.86 bits per heavy atom. The lowest BCUT2D eigenvalue weighted by Gasteiger charge is -2.21. The molecule has 1 fully saturated rings. The summed E-state index contributed by atoms with van der Waals surface area (Å²) in [7, 11) is 0. The van der Waals surface area contributed by atoms with Crippen LogP contribution in [0.4, 0.5) is 4.39 Å². The summed E-state index contributed by atoms with van der Waals surface area (Å²) in [6.07, 6.45) is -0.149. The molecule has 78 valence electrons. The van der Waals surface area contributed by atoms with E-state index < -0.39 is 6.17 Å². The van der Waals surface area contributed by atoms with Crippen LogP contribution in [0.25, 0.3) is 0 Å². The van der Waals surface area contributed by atoms with Gasteiger partial charge in [0, 0.05) is 14.8 Å². The van der Waals surface area contributed by atoms with E-state index in [1.54, 1.807) is 11.3 Å². The Kier molecular flexibility index (Phi) is 2.68. The maximum atomic E-state index is 13.2. The highest BCUT2D eigenvalue weighted by atomic mass is 79.9. The summed E-state index contributed by atoms with van der Waals surface area (Å²) >= 11 is 5.04. The summed E-state index contributed by atoms with van der Waals surface area (Å²) in [5.41, 5.74) is 2.39. The van der Waals surface area contributed by atoms with E-state index in [9.17, 15) is 4.39 Å². The van der Waals surface area contributed by atoms with Crippen molar-refractivity contribution >= 4 is 27.3 Å². The van der Waals surface area contributed by atoms with Gasteiger partial charge in [-0.25, -0.2) is 4.39 Å². The zero-order chi connectivity index (χ0) is 10.3. The fourth-order valence-electron chi connectivity index (χ4n) is 1.70. The molecule has 1 heterocycles. The van der Waals surface area contributed by atoms with Crippen molar-refractivity contribution in [1.82, 2.24) is 5.43 Å². The zero-order valence-electron chi connectivity index (χ0n) is 7.76. The molecule has 3 atom stereocenters. The lowest BCUT2D eigenvalue weighted by atomic mass is 9.98. The molecule has 0 aliphatic heterocycles. The van der Waals surface area contributed by atoms with Crippen LogP contribution in [0.2, 0.25) is 0 Å². The van der Waals surface area contributed by atoms with Gasteiger partial charge in [-0.05, 0) is 33.8 Å². The minimum Gasteiger partial charge on any atom is -0.271 e. The lowest BCUT2D eigenvalue weighted by molar-refractivity contribution is 0.297. The van der Waals surface area contributed by atoms with Crippen molar-refractivity contribution in [2.45, 2.75) is 25.6 Å². The van der Waals surface area contributed by atoms with Crippen LogP contribution in [-0.4, -0.2) is 6.17 Å². The molecular weight excluding hydrogens is 267 g/mol. The van der Waals surface area contributed by atoms with E-state index >= 15 is 0 Å². The topological polar surface area (TPSA) is 38.0 Å². The first-order chi connectivity index (χ1) is 6.59. The summed E-state index contributed by atoms with van der Waals surface area (Å²) in [6.45, 7) is 1.92. The summed E-state index contributed by atoms with van der Waals surface area (Å²) in [6, 6.07) is 1.87. The summed E-state index contributed by atoms with van der Waals surface area (Å²) < 4.78 is 14.2. The molecule has 1 aliphatic carbocycles. The normalized spacial score (nSPS) is 33.0. The number of hydrogen-bond donors (Lipinski definition) is 2. The van der Waals surface area contributed by atoms with Gasteiger partial charge in [-0.1, -0.05) is 6.92 Å². The van der Waals surface area contributed by atoms with Crippen LogP contribution < -0.4 is 11.3 Å². The van der Waals surface area contributed by atoms with Gasteiger partial charge in [0.15, 0.2) is 0 Å². The first-order valence-corrected chi connectivity index (χ1v) is 6.10. The number of nitrogens with one attached hydrogen (secondary N) is 1. The Balaban J connectivity index is 2.27. The highest BCUT2D eigenvalue weighted by Gasteiger charge is 2.57. The van der Waals surface area contributed by atoms with E-state index in [0.29, 0.717) is 6.42 Å². The molecule has 3 N–H and O–H groups in total.